The number of carboxylic acids is 1. The maximum absolute atomic E-state index is 11.7. The van der Waals surface area contributed by atoms with Crippen LogP contribution in [-0.2, 0) is 19.1 Å². The number of carboxylic acid groups (broad SMARTS) is 1. The van der Waals surface area contributed by atoms with Gasteiger partial charge in [0.05, 0.1) is 6.10 Å². The minimum atomic E-state index is -1.49. The minimum absolute atomic E-state index is 0.0100. The lowest BCUT2D eigenvalue weighted by molar-refractivity contribution is -0.150. The standard InChI is InChI=1S/C13H20O6/c1-8-2-4-10(14)6-9(3-5-12(16)19-8)7-11(15)13(17)18/h8-9,11,15H,2-7H2,1H3,(H,17,18)/t8-,9+,11?/m0/s1. The number of aliphatic hydroxyl groups excluding tert-OH is 1. The van der Waals surface area contributed by atoms with Crippen LogP contribution in [0.4, 0.5) is 0 Å². The van der Waals surface area contributed by atoms with Crippen LogP contribution in [0.15, 0.2) is 0 Å². The first kappa shape index (κ1) is 15.6. The molecule has 0 aliphatic carbocycles. The summed E-state index contributed by atoms with van der Waals surface area (Å²) in [5.41, 5.74) is 0. The molecule has 0 radical (unpaired) electrons. The van der Waals surface area contributed by atoms with Crippen molar-refractivity contribution in [3.63, 3.8) is 0 Å². The summed E-state index contributed by atoms with van der Waals surface area (Å²) in [5.74, 6) is -1.91. The Morgan fingerprint density at radius 3 is 2.68 bits per heavy atom. The van der Waals surface area contributed by atoms with Crippen LogP contribution in [0.3, 0.4) is 0 Å². The van der Waals surface area contributed by atoms with Crippen LogP contribution in [0.25, 0.3) is 0 Å². The molecule has 108 valence electrons. The van der Waals surface area contributed by atoms with E-state index in [1.807, 2.05) is 0 Å². The van der Waals surface area contributed by atoms with Crippen molar-refractivity contribution in [3.05, 3.63) is 0 Å². The molecule has 1 unspecified atom stereocenters. The van der Waals surface area contributed by atoms with E-state index in [0.29, 0.717) is 19.3 Å². The number of cyclic esters (lactones) is 1. The zero-order chi connectivity index (χ0) is 14.4. The topological polar surface area (TPSA) is 101 Å². The lowest BCUT2D eigenvalue weighted by Crippen LogP contribution is -2.26. The summed E-state index contributed by atoms with van der Waals surface area (Å²) >= 11 is 0. The Morgan fingerprint density at radius 2 is 2.05 bits per heavy atom. The van der Waals surface area contributed by atoms with E-state index in [2.05, 4.69) is 0 Å². The maximum atomic E-state index is 11.7. The van der Waals surface area contributed by atoms with Gasteiger partial charge in [-0.1, -0.05) is 0 Å². The van der Waals surface area contributed by atoms with Crippen LogP contribution in [0.1, 0.15) is 45.4 Å². The minimum Gasteiger partial charge on any atom is -0.479 e. The van der Waals surface area contributed by atoms with Crippen molar-refractivity contribution >= 4 is 17.7 Å². The van der Waals surface area contributed by atoms with Gasteiger partial charge < -0.3 is 14.9 Å². The van der Waals surface area contributed by atoms with E-state index >= 15 is 0 Å². The Bertz CT molecular complexity index is 351. The molecular weight excluding hydrogens is 252 g/mol. The first-order valence-corrected chi connectivity index (χ1v) is 6.50. The lowest BCUT2D eigenvalue weighted by atomic mass is 9.89. The molecular formula is C13H20O6. The molecule has 1 saturated heterocycles. The third kappa shape index (κ3) is 5.83. The number of ketones is 1. The number of Topliss-reactive ketones (excluding diaryl/α,β-unsaturated/α-hetero) is 1. The molecule has 1 aliphatic rings. The Hall–Kier alpha value is -1.43. The zero-order valence-electron chi connectivity index (χ0n) is 11.0. The predicted octanol–water partition coefficient (Wildman–Crippen LogP) is 0.903. The average Bonchev–Trinajstić information content (AvgIpc) is 2.32. The van der Waals surface area contributed by atoms with Gasteiger partial charge in [0.1, 0.15) is 5.78 Å². The van der Waals surface area contributed by atoms with Gasteiger partial charge in [-0.2, -0.15) is 0 Å². The van der Waals surface area contributed by atoms with E-state index in [9.17, 15) is 19.5 Å². The lowest BCUT2D eigenvalue weighted by Gasteiger charge is -2.21. The number of esters is 1. The van der Waals surface area contributed by atoms with Crippen molar-refractivity contribution in [3.8, 4) is 0 Å². The highest BCUT2D eigenvalue weighted by Gasteiger charge is 2.25. The third-order valence-electron chi connectivity index (χ3n) is 3.28. The Kier molecular flexibility index (Phi) is 5.95. The van der Waals surface area contributed by atoms with Gasteiger partial charge in [-0.05, 0) is 32.1 Å². The smallest absolute Gasteiger partial charge is 0.332 e. The number of hydrogen-bond donors (Lipinski definition) is 2. The molecule has 2 N–H and O–H groups in total. The summed E-state index contributed by atoms with van der Waals surface area (Å²) in [6.07, 6.45) is -0.245. The summed E-state index contributed by atoms with van der Waals surface area (Å²) in [5, 5.41) is 18.0. The average molecular weight is 272 g/mol. The van der Waals surface area contributed by atoms with Crippen LogP contribution in [0.5, 0.6) is 0 Å². The highest BCUT2D eigenvalue weighted by atomic mass is 16.5. The van der Waals surface area contributed by atoms with Crippen LogP contribution in [0.2, 0.25) is 0 Å². The number of aliphatic carboxylic acids is 1. The molecule has 0 aromatic rings. The molecule has 6 nitrogen and oxygen atoms in total. The van der Waals surface area contributed by atoms with Crippen LogP contribution < -0.4 is 0 Å². The number of rotatable bonds is 3. The number of carbonyl (C=O) groups is 3. The van der Waals surface area contributed by atoms with Crippen molar-refractivity contribution in [2.45, 2.75) is 57.7 Å². The first-order chi connectivity index (χ1) is 8.88. The van der Waals surface area contributed by atoms with Crippen molar-refractivity contribution in [1.82, 2.24) is 0 Å². The van der Waals surface area contributed by atoms with Crippen LogP contribution >= 0.6 is 0 Å². The summed E-state index contributed by atoms with van der Waals surface area (Å²) in [6, 6.07) is 0. The Morgan fingerprint density at radius 1 is 1.37 bits per heavy atom. The molecule has 1 aliphatic heterocycles. The van der Waals surface area contributed by atoms with E-state index in [1.54, 1.807) is 6.92 Å². The van der Waals surface area contributed by atoms with Gasteiger partial charge in [0.2, 0.25) is 0 Å². The molecule has 0 aromatic heterocycles. The van der Waals surface area contributed by atoms with Crippen molar-refractivity contribution in [1.29, 1.82) is 0 Å². The van der Waals surface area contributed by atoms with E-state index in [1.165, 1.54) is 0 Å². The van der Waals surface area contributed by atoms with Crippen LogP contribution in [0, 0.1) is 5.92 Å². The van der Waals surface area contributed by atoms with Gasteiger partial charge in [0, 0.05) is 19.3 Å². The normalized spacial score (nSPS) is 27.5. The largest absolute Gasteiger partial charge is 0.479 e. The number of ether oxygens (including phenoxy) is 1. The van der Waals surface area contributed by atoms with Gasteiger partial charge >= 0.3 is 11.9 Å². The molecule has 1 rings (SSSR count). The molecule has 1 fully saturated rings. The van der Waals surface area contributed by atoms with Crippen molar-refractivity contribution in [2.75, 3.05) is 0 Å². The monoisotopic (exact) mass is 272 g/mol. The van der Waals surface area contributed by atoms with E-state index in [4.69, 9.17) is 9.84 Å². The van der Waals surface area contributed by atoms with Gasteiger partial charge in [-0.25, -0.2) is 4.79 Å². The van der Waals surface area contributed by atoms with E-state index in [0.717, 1.165) is 0 Å². The first-order valence-electron chi connectivity index (χ1n) is 6.50. The van der Waals surface area contributed by atoms with Crippen molar-refractivity contribution < 1.29 is 29.3 Å². The second-order valence-electron chi connectivity index (χ2n) is 5.08. The highest BCUT2D eigenvalue weighted by molar-refractivity contribution is 5.79. The number of aliphatic hydroxyl groups is 1. The summed E-state index contributed by atoms with van der Waals surface area (Å²) in [6.45, 7) is 1.75. The van der Waals surface area contributed by atoms with Crippen LogP contribution in [-0.4, -0.2) is 40.1 Å². The fourth-order valence-electron chi connectivity index (χ4n) is 2.17. The molecule has 0 amide bonds. The Balaban J connectivity index is 2.61. The fraction of sp³-hybridized carbons (Fsp3) is 0.769. The summed E-state index contributed by atoms with van der Waals surface area (Å²) < 4.78 is 5.11. The maximum Gasteiger partial charge on any atom is 0.332 e. The quantitative estimate of drug-likeness (QED) is 0.740. The molecule has 6 heteroatoms. The number of carbonyl (C=O) groups excluding carboxylic acids is 2. The SMILES string of the molecule is C[C@H]1CCC(=O)C[C@H](CC(O)C(=O)O)CCC(=O)O1. The van der Waals surface area contributed by atoms with Gasteiger partial charge in [0.15, 0.2) is 6.10 Å². The molecule has 0 spiro atoms. The molecule has 3 atom stereocenters. The highest BCUT2D eigenvalue weighted by Crippen LogP contribution is 2.22. The summed E-state index contributed by atoms with van der Waals surface area (Å²) in [7, 11) is 0. The molecule has 0 saturated carbocycles. The molecule has 1 heterocycles. The second-order valence-corrected chi connectivity index (χ2v) is 5.08. The molecule has 19 heavy (non-hydrogen) atoms. The van der Waals surface area contributed by atoms with Gasteiger partial charge in [-0.15, -0.1) is 0 Å². The summed E-state index contributed by atoms with van der Waals surface area (Å²) in [4.78, 5) is 33.8. The van der Waals surface area contributed by atoms with E-state index < -0.39 is 12.1 Å². The fourth-order valence-corrected chi connectivity index (χ4v) is 2.17. The molecule has 0 bridgehead atoms. The van der Waals surface area contributed by atoms with Crippen molar-refractivity contribution in [2.24, 2.45) is 5.92 Å². The Labute approximate surface area is 111 Å². The predicted molar refractivity (Wildman–Crippen MR) is 65.4 cm³/mol. The molecule has 0 aromatic carbocycles. The van der Waals surface area contributed by atoms with E-state index in [-0.39, 0.29) is 43.0 Å². The van der Waals surface area contributed by atoms with Gasteiger partial charge in [0.25, 0.3) is 0 Å². The third-order valence-corrected chi connectivity index (χ3v) is 3.28. The zero-order valence-corrected chi connectivity index (χ0v) is 11.0. The second kappa shape index (κ2) is 7.23. The number of hydrogen-bond acceptors (Lipinski definition) is 5. The van der Waals surface area contributed by atoms with Gasteiger partial charge in [-0.3, -0.25) is 9.59 Å².